The van der Waals surface area contributed by atoms with Crippen LogP contribution < -0.4 is 4.90 Å². The summed E-state index contributed by atoms with van der Waals surface area (Å²) in [5, 5.41) is 0. The van der Waals surface area contributed by atoms with Crippen molar-refractivity contribution in [1.82, 2.24) is 4.90 Å². The highest BCUT2D eigenvalue weighted by Crippen LogP contribution is 2.32. The predicted molar refractivity (Wildman–Crippen MR) is 111 cm³/mol. The van der Waals surface area contributed by atoms with Crippen molar-refractivity contribution in [3.63, 3.8) is 0 Å². The molecule has 2 unspecified atom stereocenters. The van der Waals surface area contributed by atoms with Gasteiger partial charge in [0, 0.05) is 18.3 Å². The van der Waals surface area contributed by atoms with Crippen molar-refractivity contribution in [2.75, 3.05) is 29.5 Å². The van der Waals surface area contributed by atoms with Crippen LogP contribution in [0.5, 0.6) is 0 Å². The van der Waals surface area contributed by atoms with Crippen LogP contribution >= 0.6 is 0 Å². The largest absolute Gasteiger partial charge is 0.306 e. The highest BCUT2D eigenvalue weighted by atomic mass is 32.2. The van der Waals surface area contributed by atoms with Crippen LogP contribution in [0, 0.1) is 5.82 Å². The van der Waals surface area contributed by atoms with Gasteiger partial charge in [0.05, 0.1) is 24.1 Å². The fourth-order valence-corrected chi connectivity index (χ4v) is 6.34. The van der Waals surface area contributed by atoms with Crippen LogP contribution in [-0.2, 0) is 27.5 Å². The van der Waals surface area contributed by atoms with E-state index in [4.69, 9.17) is 0 Å². The third kappa shape index (κ3) is 4.21. The van der Waals surface area contributed by atoms with Gasteiger partial charge in [0.2, 0.25) is 5.91 Å². The Hall–Kier alpha value is -2.25. The number of carbonyl (C=O) groups excluding carboxylic acids is 1. The number of fused-ring (bicyclic) bond motifs is 1. The molecule has 2 aliphatic rings. The average Bonchev–Trinajstić information content (AvgIpc) is 3.02. The van der Waals surface area contributed by atoms with Crippen molar-refractivity contribution in [3.8, 4) is 0 Å². The van der Waals surface area contributed by atoms with Gasteiger partial charge in [-0.05, 0) is 48.2 Å². The van der Waals surface area contributed by atoms with Crippen molar-refractivity contribution < 1.29 is 17.6 Å². The van der Waals surface area contributed by atoms with Crippen LogP contribution in [0.3, 0.4) is 0 Å². The number of halogens is 1. The molecule has 2 heterocycles. The number of nitrogens with zero attached hydrogens (tertiary/aromatic N) is 2. The van der Waals surface area contributed by atoms with E-state index < -0.39 is 9.84 Å². The van der Waals surface area contributed by atoms with Crippen LogP contribution in [0.1, 0.15) is 18.1 Å². The zero-order valence-electron chi connectivity index (χ0n) is 16.4. The molecule has 0 saturated carbocycles. The molecule has 5 nitrogen and oxygen atoms in total. The standard InChI is InChI=1S/C22H25FN2O3S/c1-2-16-5-9-19(10-6-16)25-21-15-29(27,28)14-20(21)24(13-22(25)26)12-11-17-3-7-18(23)8-4-17/h3-10,20-21H,2,11-15H2,1H3. The molecule has 29 heavy (non-hydrogen) atoms. The number of benzene rings is 2. The number of piperazine rings is 1. The Balaban J connectivity index is 1.56. The molecule has 0 aliphatic carbocycles. The summed E-state index contributed by atoms with van der Waals surface area (Å²) >= 11 is 0. The molecule has 2 aromatic rings. The summed E-state index contributed by atoms with van der Waals surface area (Å²) in [4.78, 5) is 16.7. The minimum atomic E-state index is -3.21. The van der Waals surface area contributed by atoms with E-state index in [-0.39, 0.29) is 41.9 Å². The molecule has 0 spiro atoms. The van der Waals surface area contributed by atoms with Crippen LogP contribution in [0.25, 0.3) is 0 Å². The molecular formula is C22H25FN2O3S. The monoisotopic (exact) mass is 416 g/mol. The summed E-state index contributed by atoms with van der Waals surface area (Å²) in [6.45, 7) is 2.82. The first-order valence-corrected chi connectivity index (χ1v) is 11.8. The lowest BCUT2D eigenvalue weighted by Crippen LogP contribution is -2.62. The van der Waals surface area contributed by atoms with Crippen LogP contribution in [0.2, 0.25) is 0 Å². The lowest BCUT2D eigenvalue weighted by molar-refractivity contribution is -0.123. The van der Waals surface area contributed by atoms with E-state index in [0.717, 1.165) is 17.7 Å². The Bertz CT molecular complexity index is 990. The number of hydrogen-bond donors (Lipinski definition) is 0. The Morgan fingerprint density at radius 2 is 1.59 bits per heavy atom. The molecule has 2 fully saturated rings. The van der Waals surface area contributed by atoms with Gasteiger partial charge in [0.15, 0.2) is 9.84 Å². The zero-order chi connectivity index (χ0) is 20.6. The summed E-state index contributed by atoms with van der Waals surface area (Å²) in [7, 11) is -3.21. The SMILES string of the molecule is CCc1ccc(N2C(=O)CN(CCc3ccc(F)cc3)C3CS(=O)(=O)CC32)cc1. The van der Waals surface area contributed by atoms with Crippen molar-refractivity contribution in [1.29, 1.82) is 0 Å². The van der Waals surface area contributed by atoms with Crippen LogP contribution in [0.15, 0.2) is 48.5 Å². The van der Waals surface area contributed by atoms with Gasteiger partial charge in [-0.1, -0.05) is 31.2 Å². The summed E-state index contributed by atoms with van der Waals surface area (Å²) in [6.07, 6.45) is 1.55. The fourth-order valence-electron chi connectivity index (χ4n) is 4.35. The minimum absolute atomic E-state index is 0.00795. The highest BCUT2D eigenvalue weighted by Gasteiger charge is 2.49. The maximum atomic E-state index is 13.1. The Kier molecular flexibility index (Phi) is 5.44. The molecule has 2 aliphatic heterocycles. The van der Waals surface area contributed by atoms with Gasteiger partial charge in [0.25, 0.3) is 0 Å². The second-order valence-electron chi connectivity index (χ2n) is 7.84. The molecule has 154 valence electrons. The Morgan fingerprint density at radius 1 is 0.966 bits per heavy atom. The molecule has 2 atom stereocenters. The quantitative estimate of drug-likeness (QED) is 0.751. The minimum Gasteiger partial charge on any atom is -0.306 e. The summed E-state index contributed by atoms with van der Waals surface area (Å²) in [6, 6.07) is 13.5. The van der Waals surface area contributed by atoms with E-state index in [1.807, 2.05) is 29.2 Å². The third-order valence-corrected chi connectivity index (χ3v) is 7.62. The lowest BCUT2D eigenvalue weighted by atomic mass is 10.0. The normalized spacial score (nSPS) is 23.9. The average molecular weight is 417 g/mol. The van der Waals surface area contributed by atoms with Crippen molar-refractivity contribution in [2.45, 2.75) is 31.8 Å². The molecule has 0 aromatic heterocycles. The third-order valence-electron chi connectivity index (χ3n) is 5.92. The van der Waals surface area contributed by atoms with E-state index >= 15 is 0 Å². The molecule has 2 saturated heterocycles. The van der Waals surface area contributed by atoms with Crippen molar-refractivity contribution in [2.24, 2.45) is 0 Å². The van der Waals surface area contributed by atoms with Gasteiger partial charge in [-0.25, -0.2) is 12.8 Å². The molecule has 7 heteroatoms. The van der Waals surface area contributed by atoms with Crippen molar-refractivity contribution >= 4 is 21.4 Å². The number of anilines is 1. The first kappa shape index (κ1) is 20.0. The van der Waals surface area contributed by atoms with Gasteiger partial charge in [-0.3, -0.25) is 9.69 Å². The summed E-state index contributed by atoms with van der Waals surface area (Å²) < 4.78 is 38.0. The number of rotatable bonds is 5. The Labute approximate surface area is 171 Å². The first-order chi connectivity index (χ1) is 13.9. The number of sulfone groups is 1. The smallest absolute Gasteiger partial charge is 0.241 e. The van der Waals surface area contributed by atoms with Crippen molar-refractivity contribution in [3.05, 3.63) is 65.5 Å². The van der Waals surface area contributed by atoms with Gasteiger partial charge < -0.3 is 4.90 Å². The van der Waals surface area contributed by atoms with E-state index in [9.17, 15) is 17.6 Å². The topological polar surface area (TPSA) is 57.7 Å². The molecule has 2 aromatic carbocycles. The van der Waals surface area contributed by atoms with Gasteiger partial charge in [0.1, 0.15) is 5.82 Å². The predicted octanol–water partition coefficient (Wildman–Crippen LogP) is 2.45. The van der Waals surface area contributed by atoms with Gasteiger partial charge >= 0.3 is 0 Å². The molecule has 0 radical (unpaired) electrons. The molecular weight excluding hydrogens is 391 g/mol. The maximum Gasteiger partial charge on any atom is 0.241 e. The highest BCUT2D eigenvalue weighted by molar-refractivity contribution is 7.91. The second kappa shape index (κ2) is 7.88. The summed E-state index contributed by atoms with van der Waals surface area (Å²) in [5.41, 5.74) is 2.90. The van der Waals surface area contributed by atoms with Crippen LogP contribution in [-0.4, -0.2) is 55.9 Å². The van der Waals surface area contributed by atoms with Crippen LogP contribution in [0.4, 0.5) is 10.1 Å². The molecule has 4 rings (SSSR count). The Morgan fingerprint density at radius 3 is 2.24 bits per heavy atom. The van der Waals surface area contributed by atoms with Gasteiger partial charge in [-0.2, -0.15) is 0 Å². The lowest BCUT2D eigenvalue weighted by Gasteiger charge is -2.43. The van der Waals surface area contributed by atoms with E-state index in [2.05, 4.69) is 6.92 Å². The van der Waals surface area contributed by atoms with E-state index in [1.54, 1.807) is 17.0 Å². The van der Waals surface area contributed by atoms with Gasteiger partial charge in [-0.15, -0.1) is 0 Å². The fraction of sp³-hybridized carbons (Fsp3) is 0.409. The number of carbonyl (C=O) groups is 1. The van der Waals surface area contributed by atoms with E-state index in [1.165, 1.54) is 17.7 Å². The zero-order valence-corrected chi connectivity index (χ0v) is 17.2. The number of aryl methyl sites for hydroxylation is 1. The molecule has 0 N–H and O–H groups in total. The summed E-state index contributed by atoms with van der Waals surface area (Å²) in [5.74, 6) is -0.301. The molecule has 1 amide bonds. The second-order valence-corrected chi connectivity index (χ2v) is 10.00. The first-order valence-electron chi connectivity index (χ1n) is 9.96. The maximum absolute atomic E-state index is 13.1. The van der Waals surface area contributed by atoms with E-state index in [0.29, 0.717) is 13.0 Å². The number of amides is 1. The molecule has 0 bridgehead atoms. The number of hydrogen-bond acceptors (Lipinski definition) is 4.